The van der Waals surface area contributed by atoms with Crippen molar-refractivity contribution < 1.29 is 22.7 Å². The predicted molar refractivity (Wildman–Crippen MR) is 94.8 cm³/mol. The molecule has 28 heavy (non-hydrogen) atoms. The number of carbonyl (C=O) groups excluding carboxylic acids is 1. The molecular weight excluding hydrogens is 371 g/mol. The highest BCUT2D eigenvalue weighted by Gasteiger charge is 2.36. The standard InChI is InChI=1S/C20H12F3N3O2/c21-20(22,23)17-11-16(13-7-3-1-4-8-13)25-18-15(12-24-26(17)18)19(27)28-14-9-5-2-6-10-14/h1-12H. The highest BCUT2D eigenvalue weighted by molar-refractivity contribution is 5.97. The van der Waals surface area contributed by atoms with Crippen molar-refractivity contribution in [1.29, 1.82) is 0 Å². The molecule has 0 aliphatic rings. The number of halogens is 3. The maximum atomic E-state index is 13.6. The lowest BCUT2D eigenvalue weighted by molar-refractivity contribution is -0.142. The Morgan fingerprint density at radius 2 is 1.61 bits per heavy atom. The summed E-state index contributed by atoms with van der Waals surface area (Å²) in [6.45, 7) is 0. The Balaban J connectivity index is 1.86. The fourth-order valence-corrected chi connectivity index (χ4v) is 2.72. The zero-order valence-electron chi connectivity index (χ0n) is 14.2. The van der Waals surface area contributed by atoms with E-state index in [1.54, 1.807) is 60.7 Å². The van der Waals surface area contributed by atoms with Crippen molar-refractivity contribution in [3.8, 4) is 17.0 Å². The van der Waals surface area contributed by atoms with Gasteiger partial charge in [0.05, 0.1) is 11.9 Å². The lowest BCUT2D eigenvalue weighted by atomic mass is 10.1. The second-order valence-electron chi connectivity index (χ2n) is 5.89. The molecule has 4 rings (SSSR count). The summed E-state index contributed by atoms with van der Waals surface area (Å²) in [6, 6.07) is 17.5. The number of hydrogen-bond donors (Lipinski definition) is 0. The number of para-hydroxylation sites is 1. The molecule has 0 aliphatic heterocycles. The van der Waals surface area contributed by atoms with Crippen molar-refractivity contribution in [1.82, 2.24) is 14.6 Å². The Bertz CT molecular complexity index is 1140. The Kier molecular flexibility index (Phi) is 4.31. The van der Waals surface area contributed by atoms with Crippen LogP contribution >= 0.6 is 0 Å². The van der Waals surface area contributed by atoms with Gasteiger partial charge in [-0.15, -0.1) is 0 Å². The molecule has 0 saturated heterocycles. The van der Waals surface area contributed by atoms with Gasteiger partial charge in [-0.2, -0.15) is 18.3 Å². The van der Waals surface area contributed by atoms with Crippen molar-refractivity contribution in [3.63, 3.8) is 0 Å². The molecule has 140 valence electrons. The second kappa shape index (κ2) is 6.80. The topological polar surface area (TPSA) is 56.5 Å². The summed E-state index contributed by atoms with van der Waals surface area (Å²) in [7, 11) is 0. The summed E-state index contributed by atoms with van der Waals surface area (Å²) < 4.78 is 46.5. The summed E-state index contributed by atoms with van der Waals surface area (Å²) in [5.74, 6) is -0.575. The zero-order valence-corrected chi connectivity index (χ0v) is 14.2. The minimum absolute atomic E-state index is 0.0784. The molecule has 5 nitrogen and oxygen atoms in total. The number of hydrogen-bond acceptors (Lipinski definition) is 4. The summed E-state index contributed by atoms with van der Waals surface area (Å²) in [4.78, 5) is 16.7. The number of nitrogens with zero attached hydrogens (tertiary/aromatic N) is 3. The van der Waals surface area contributed by atoms with Gasteiger partial charge in [0.25, 0.3) is 0 Å². The summed E-state index contributed by atoms with van der Waals surface area (Å²) in [5.41, 5.74) is -0.856. The first kappa shape index (κ1) is 17.7. The van der Waals surface area contributed by atoms with Crippen LogP contribution in [0.3, 0.4) is 0 Å². The Morgan fingerprint density at radius 1 is 0.964 bits per heavy atom. The fourth-order valence-electron chi connectivity index (χ4n) is 2.72. The molecule has 0 saturated carbocycles. The van der Waals surface area contributed by atoms with Gasteiger partial charge in [-0.1, -0.05) is 48.5 Å². The van der Waals surface area contributed by atoms with Gasteiger partial charge in [0.1, 0.15) is 11.3 Å². The van der Waals surface area contributed by atoms with Crippen molar-refractivity contribution in [2.24, 2.45) is 0 Å². The first-order chi connectivity index (χ1) is 13.4. The molecule has 2 heterocycles. The van der Waals surface area contributed by atoms with Crippen LogP contribution in [0.5, 0.6) is 5.75 Å². The molecule has 0 unspecified atom stereocenters. The molecule has 8 heteroatoms. The van der Waals surface area contributed by atoms with E-state index >= 15 is 0 Å². The Hall–Kier alpha value is -3.68. The smallest absolute Gasteiger partial charge is 0.423 e. The number of fused-ring (bicyclic) bond motifs is 1. The van der Waals surface area contributed by atoms with Crippen LogP contribution < -0.4 is 4.74 Å². The number of alkyl halides is 3. The largest absolute Gasteiger partial charge is 0.433 e. The van der Waals surface area contributed by atoms with Gasteiger partial charge >= 0.3 is 12.1 Å². The van der Waals surface area contributed by atoms with Crippen molar-refractivity contribution >= 4 is 11.6 Å². The number of ether oxygens (including phenoxy) is 1. The molecular formula is C20H12F3N3O2. The van der Waals surface area contributed by atoms with E-state index in [1.807, 2.05) is 0 Å². The van der Waals surface area contributed by atoms with E-state index < -0.39 is 17.8 Å². The van der Waals surface area contributed by atoms with E-state index in [2.05, 4.69) is 10.1 Å². The predicted octanol–water partition coefficient (Wildman–Crippen LogP) is 4.63. The first-order valence-corrected chi connectivity index (χ1v) is 8.22. The normalized spacial score (nSPS) is 11.5. The van der Waals surface area contributed by atoms with E-state index in [9.17, 15) is 18.0 Å². The molecule has 0 spiro atoms. The average molecular weight is 383 g/mol. The number of benzene rings is 2. The van der Waals surface area contributed by atoms with Gasteiger partial charge in [-0.25, -0.2) is 14.3 Å². The van der Waals surface area contributed by atoms with E-state index in [0.717, 1.165) is 12.3 Å². The maximum Gasteiger partial charge on any atom is 0.433 e. The molecule has 4 aromatic rings. The number of esters is 1. The molecule has 2 aromatic heterocycles. The summed E-state index contributed by atoms with van der Waals surface area (Å²) in [6.07, 6.45) is -3.66. The molecule has 0 aliphatic carbocycles. The van der Waals surface area contributed by atoms with Gasteiger partial charge in [-0.05, 0) is 18.2 Å². The Morgan fingerprint density at radius 3 is 2.25 bits per heavy atom. The van der Waals surface area contributed by atoms with Crippen LogP contribution in [0.4, 0.5) is 13.2 Å². The second-order valence-corrected chi connectivity index (χ2v) is 5.89. The van der Waals surface area contributed by atoms with Crippen molar-refractivity contribution in [3.05, 3.63) is 84.2 Å². The van der Waals surface area contributed by atoms with Crippen LogP contribution in [0.15, 0.2) is 72.9 Å². The maximum absolute atomic E-state index is 13.6. The van der Waals surface area contributed by atoms with Crippen LogP contribution in [0.25, 0.3) is 16.9 Å². The molecule has 2 aromatic carbocycles. The van der Waals surface area contributed by atoms with Gasteiger partial charge in [0.15, 0.2) is 11.3 Å². The van der Waals surface area contributed by atoms with Gasteiger partial charge in [0.2, 0.25) is 0 Å². The van der Waals surface area contributed by atoms with Crippen LogP contribution in [-0.2, 0) is 6.18 Å². The SMILES string of the molecule is O=C(Oc1ccccc1)c1cnn2c(C(F)(F)F)cc(-c3ccccc3)nc12. The lowest BCUT2D eigenvalue weighted by Crippen LogP contribution is -2.15. The molecule has 0 fully saturated rings. The Labute approximate surface area is 157 Å². The van der Waals surface area contributed by atoms with Crippen LogP contribution in [0, 0.1) is 0 Å². The molecule has 0 radical (unpaired) electrons. The van der Waals surface area contributed by atoms with E-state index in [-0.39, 0.29) is 22.7 Å². The van der Waals surface area contributed by atoms with Gasteiger partial charge < -0.3 is 4.74 Å². The highest BCUT2D eigenvalue weighted by Crippen LogP contribution is 2.32. The number of carbonyl (C=O) groups is 1. The quantitative estimate of drug-likeness (QED) is 0.382. The molecule has 0 amide bonds. The summed E-state index contributed by atoms with van der Waals surface area (Å²) >= 11 is 0. The minimum Gasteiger partial charge on any atom is -0.423 e. The van der Waals surface area contributed by atoms with E-state index in [4.69, 9.17) is 4.74 Å². The number of aromatic nitrogens is 3. The third kappa shape index (κ3) is 3.32. The fraction of sp³-hybridized carbons (Fsp3) is 0.0500. The van der Waals surface area contributed by atoms with Crippen LogP contribution in [0.1, 0.15) is 16.1 Å². The van der Waals surface area contributed by atoms with Crippen LogP contribution in [-0.4, -0.2) is 20.6 Å². The number of rotatable bonds is 3. The zero-order chi connectivity index (χ0) is 19.7. The first-order valence-electron chi connectivity index (χ1n) is 8.22. The third-order valence-electron chi connectivity index (χ3n) is 4.01. The van der Waals surface area contributed by atoms with Crippen LogP contribution in [0.2, 0.25) is 0 Å². The van der Waals surface area contributed by atoms with E-state index in [1.165, 1.54) is 0 Å². The summed E-state index contributed by atoms with van der Waals surface area (Å²) in [5, 5.41) is 3.72. The van der Waals surface area contributed by atoms with E-state index in [0.29, 0.717) is 10.1 Å². The molecule has 0 atom stereocenters. The lowest BCUT2D eigenvalue weighted by Gasteiger charge is -2.11. The minimum atomic E-state index is -4.68. The third-order valence-corrected chi connectivity index (χ3v) is 4.01. The highest BCUT2D eigenvalue weighted by atomic mass is 19.4. The van der Waals surface area contributed by atoms with Gasteiger partial charge in [0, 0.05) is 5.56 Å². The monoisotopic (exact) mass is 383 g/mol. The molecule has 0 N–H and O–H groups in total. The van der Waals surface area contributed by atoms with Crippen molar-refractivity contribution in [2.45, 2.75) is 6.18 Å². The van der Waals surface area contributed by atoms with Gasteiger partial charge in [-0.3, -0.25) is 0 Å². The van der Waals surface area contributed by atoms with Crippen molar-refractivity contribution in [2.75, 3.05) is 0 Å². The average Bonchev–Trinajstić information content (AvgIpc) is 3.12. The molecule has 0 bridgehead atoms.